The lowest BCUT2D eigenvalue weighted by Crippen LogP contribution is -2.12. The van der Waals surface area contributed by atoms with Crippen LogP contribution in [0.4, 0.5) is 0 Å². The first kappa shape index (κ1) is 13.5. The van der Waals surface area contributed by atoms with Crippen molar-refractivity contribution in [1.29, 1.82) is 0 Å². The molecule has 0 unspecified atom stereocenters. The van der Waals surface area contributed by atoms with Gasteiger partial charge in [-0.05, 0) is 35.4 Å². The summed E-state index contributed by atoms with van der Waals surface area (Å²) in [5.41, 5.74) is 2.95. The van der Waals surface area contributed by atoms with E-state index in [0.717, 1.165) is 33.7 Å². The molecule has 0 saturated heterocycles. The van der Waals surface area contributed by atoms with Crippen molar-refractivity contribution in [3.8, 4) is 0 Å². The standard InChI is InChI=1S/C16H13Cl2NO/c17-12-5-3-4-11(8-12)9-19-10-14-13-6-1-2-7-15(13)20-16(14)18/h1-8,19H,9-10H2. The fourth-order valence-corrected chi connectivity index (χ4v) is 2.68. The quantitative estimate of drug-likeness (QED) is 0.731. The molecular formula is C16H13Cl2NO. The number of fused-ring (bicyclic) bond motifs is 1. The Bertz CT molecular complexity index is 736. The molecule has 1 aromatic heterocycles. The topological polar surface area (TPSA) is 25.2 Å². The van der Waals surface area contributed by atoms with Gasteiger partial charge in [-0.3, -0.25) is 0 Å². The summed E-state index contributed by atoms with van der Waals surface area (Å²) in [6, 6.07) is 15.6. The van der Waals surface area contributed by atoms with Gasteiger partial charge in [0.25, 0.3) is 0 Å². The van der Waals surface area contributed by atoms with Crippen LogP contribution in [-0.4, -0.2) is 0 Å². The monoisotopic (exact) mass is 305 g/mol. The smallest absolute Gasteiger partial charge is 0.199 e. The van der Waals surface area contributed by atoms with Crippen molar-refractivity contribution in [1.82, 2.24) is 5.32 Å². The van der Waals surface area contributed by atoms with Gasteiger partial charge in [0.1, 0.15) is 5.58 Å². The minimum absolute atomic E-state index is 0.449. The summed E-state index contributed by atoms with van der Waals surface area (Å²) in [4.78, 5) is 0. The molecule has 102 valence electrons. The van der Waals surface area contributed by atoms with E-state index in [-0.39, 0.29) is 0 Å². The van der Waals surface area contributed by atoms with Crippen molar-refractivity contribution in [3.05, 3.63) is 69.9 Å². The first-order valence-electron chi connectivity index (χ1n) is 6.35. The highest BCUT2D eigenvalue weighted by molar-refractivity contribution is 6.31. The average molecular weight is 306 g/mol. The molecule has 0 spiro atoms. The van der Waals surface area contributed by atoms with Gasteiger partial charge < -0.3 is 9.73 Å². The second-order valence-corrected chi connectivity index (χ2v) is 5.36. The summed E-state index contributed by atoms with van der Waals surface area (Å²) in [5.74, 6) is 0. The lowest BCUT2D eigenvalue weighted by atomic mass is 10.1. The van der Waals surface area contributed by atoms with E-state index < -0.39 is 0 Å². The van der Waals surface area contributed by atoms with E-state index >= 15 is 0 Å². The second kappa shape index (κ2) is 5.88. The van der Waals surface area contributed by atoms with Gasteiger partial charge in [-0.25, -0.2) is 0 Å². The number of benzene rings is 2. The maximum atomic E-state index is 6.15. The fraction of sp³-hybridized carbons (Fsp3) is 0.125. The van der Waals surface area contributed by atoms with Crippen LogP contribution in [0.3, 0.4) is 0 Å². The highest BCUT2D eigenvalue weighted by Crippen LogP contribution is 2.29. The van der Waals surface area contributed by atoms with Crippen LogP contribution < -0.4 is 5.32 Å². The predicted molar refractivity (Wildman–Crippen MR) is 83.2 cm³/mol. The summed E-state index contributed by atoms with van der Waals surface area (Å²) in [6.07, 6.45) is 0. The minimum atomic E-state index is 0.449. The molecule has 20 heavy (non-hydrogen) atoms. The highest BCUT2D eigenvalue weighted by Gasteiger charge is 2.11. The average Bonchev–Trinajstić information content (AvgIpc) is 2.75. The number of halogens is 2. The van der Waals surface area contributed by atoms with Crippen LogP contribution in [0.25, 0.3) is 11.0 Å². The first-order chi connectivity index (χ1) is 9.74. The number of furan rings is 1. The molecule has 0 amide bonds. The second-order valence-electron chi connectivity index (χ2n) is 4.58. The Morgan fingerprint density at radius 1 is 0.950 bits per heavy atom. The van der Waals surface area contributed by atoms with E-state index in [1.165, 1.54) is 0 Å². The lowest BCUT2D eigenvalue weighted by Gasteiger charge is -2.04. The van der Waals surface area contributed by atoms with Crippen molar-refractivity contribution < 1.29 is 4.42 Å². The number of hydrogen-bond donors (Lipinski definition) is 1. The molecule has 0 saturated carbocycles. The minimum Gasteiger partial charge on any atom is -0.444 e. The SMILES string of the molecule is Clc1cccc(CNCc2c(Cl)oc3ccccc23)c1. The molecule has 0 atom stereocenters. The van der Waals surface area contributed by atoms with Gasteiger partial charge in [0.05, 0.1) is 0 Å². The van der Waals surface area contributed by atoms with E-state index in [4.69, 9.17) is 27.6 Å². The van der Waals surface area contributed by atoms with Gasteiger partial charge in [-0.15, -0.1) is 0 Å². The third kappa shape index (κ3) is 2.83. The molecule has 2 aromatic carbocycles. The molecule has 0 aliphatic carbocycles. The molecule has 3 aromatic rings. The first-order valence-corrected chi connectivity index (χ1v) is 7.11. The molecule has 0 aliphatic rings. The van der Waals surface area contributed by atoms with Gasteiger partial charge in [0.15, 0.2) is 5.22 Å². The Kier molecular flexibility index (Phi) is 3.97. The Morgan fingerprint density at radius 3 is 2.65 bits per heavy atom. The van der Waals surface area contributed by atoms with E-state index in [0.29, 0.717) is 11.8 Å². The van der Waals surface area contributed by atoms with Crippen LogP contribution in [0.2, 0.25) is 10.2 Å². The van der Waals surface area contributed by atoms with Crippen LogP contribution in [0.15, 0.2) is 52.9 Å². The number of para-hydroxylation sites is 1. The molecule has 0 fully saturated rings. The molecule has 1 heterocycles. The van der Waals surface area contributed by atoms with Gasteiger partial charge >= 0.3 is 0 Å². The Morgan fingerprint density at radius 2 is 1.80 bits per heavy atom. The van der Waals surface area contributed by atoms with Gasteiger partial charge in [0, 0.05) is 29.1 Å². The molecule has 1 N–H and O–H groups in total. The lowest BCUT2D eigenvalue weighted by molar-refractivity contribution is 0.604. The van der Waals surface area contributed by atoms with Gasteiger partial charge in [-0.1, -0.05) is 41.9 Å². The predicted octanol–water partition coefficient (Wildman–Crippen LogP) is 5.03. The van der Waals surface area contributed by atoms with Crippen LogP contribution >= 0.6 is 23.2 Å². The van der Waals surface area contributed by atoms with Crippen molar-refractivity contribution in [2.75, 3.05) is 0 Å². The van der Waals surface area contributed by atoms with E-state index in [2.05, 4.69) is 5.32 Å². The zero-order chi connectivity index (χ0) is 13.9. The molecular weight excluding hydrogens is 293 g/mol. The van der Waals surface area contributed by atoms with Crippen LogP contribution in [0.1, 0.15) is 11.1 Å². The Labute approximate surface area is 127 Å². The summed E-state index contributed by atoms with van der Waals surface area (Å²) < 4.78 is 5.53. The van der Waals surface area contributed by atoms with Crippen molar-refractivity contribution >= 4 is 34.2 Å². The molecule has 0 aliphatic heterocycles. The Balaban J connectivity index is 1.73. The highest BCUT2D eigenvalue weighted by atomic mass is 35.5. The summed E-state index contributed by atoms with van der Waals surface area (Å²) in [7, 11) is 0. The molecule has 4 heteroatoms. The van der Waals surface area contributed by atoms with Gasteiger partial charge in [-0.2, -0.15) is 0 Å². The molecule has 0 radical (unpaired) electrons. The maximum Gasteiger partial charge on any atom is 0.199 e. The molecule has 2 nitrogen and oxygen atoms in total. The van der Waals surface area contributed by atoms with E-state index in [9.17, 15) is 0 Å². The zero-order valence-corrected chi connectivity index (χ0v) is 12.2. The third-order valence-corrected chi connectivity index (χ3v) is 3.71. The summed E-state index contributed by atoms with van der Waals surface area (Å²) in [6.45, 7) is 1.39. The number of hydrogen-bond acceptors (Lipinski definition) is 2. The van der Waals surface area contributed by atoms with Gasteiger partial charge in [0.2, 0.25) is 0 Å². The van der Waals surface area contributed by atoms with E-state index in [1.54, 1.807) is 0 Å². The van der Waals surface area contributed by atoms with E-state index in [1.807, 2.05) is 48.5 Å². The van der Waals surface area contributed by atoms with Crippen LogP contribution in [0.5, 0.6) is 0 Å². The molecule has 3 rings (SSSR count). The zero-order valence-electron chi connectivity index (χ0n) is 10.7. The maximum absolute atomic E-state index is 6.15. The fourth-order valence-electron chi connectivity index (χ4n) is 2.21. The largest absolute Gasteiger partial charge is 0.444 e. The summed E-state index contributed by atoms with van der Waals surface area (Å²) in [5, 5.41) is 5.61. The third-order valence-electron chi connectivity index (χ3n) is 3.17. The normalized spacial score (nSPS) is 11.1. The molecule has 0 bridgehead atoms. The van der Waals surface area contributed by atoms with Crippen molar-refractivity contribution in [3.63, 3.8) is 0 Å². The van der Waals surface area contributed by atoms with Crippen molar-refractivity contribution in [2.45, 2.75) is 13.1 Å². The Hall–Kier alpha value is -1.48. The van der Waals surface area contributed by atoms with Crippen LogP contribution in [0, 0.1) is 0 Å². The number of nitrogens with one attached hydrogen (secondary N) is 1. The summed E-state index contributed by atoms with van der Waals surface area (Å²) >= 11 is 12.1. The van der Waals surface area contributed by atoms with Crippen LogP contribution in [-0.2, 0) is 13.1 Å². The van der Waals surface area contributed by atoms with Crippen molar-refractivity contribution in [2.24, 2.45) is 0 Å². The number of rotatable bonds is 4.